The number of amides is 1. The molecule has 1 aliphatic carbocycles. The minimum Gasteiger partial charge on any atom is -0.452 e. The molecule has 1 N–H and O–H groups in total. The summed E-state index contributed by atoms with van der Waals surface area (Å²) in [6.45, 7) is -0.411. The third kappa shape index (κ3) is 4.92. The van der Waals surface area contributed by atoms with Crippen LogP contribution in [0.2, 0.25) is 5.02 Å². The monoisotopic (exact) mass is 340 g/mol. The van der Waals surface area contributed by atoms with Crippen LogP contribution in [0.15, 0.2) is 18.2 Å². The molecule has 0 radical (unpaired) electrons. The van der Waals surface area contributed by atoms with Gasteiger partial charge in [-0.25, -0.2) is 4.79 Å². The maximum Gasteiger partial charge on any atom is 0.338 e. The minimum atomic E-state index is -0.802. The molecule has 1 aliphatic rings. The van der Waals surface area contributed by atoms with Crippen LogP contribution in [-0.4, -0.2) is 29.4 Å². The Morgan fingerprint density at radius 2 is 2.00 bits per heavy atom. The number of nitro benzene ring substituents is 1. The molecule has 0 atom stereocenters. The highest BCUT2D eigenvalue weighted by molar-refractivity contribution is 6.32. The molecule has 124 valence electrons. The summed E-state index contributed by atoms with van der Waals surface area (Å²) < 4.78 is 4.89. The molecular weight excluding hydrogens is 324 g/mol. The molecule has 0 heterocycles. The molecule has 1 saturated carbocycles. The number of esters is 1. The van der Waals surface area contributed by atoms with Gasteiger partial charge in [0.25, 0.3) is 11.6 Å². The Bertz CT molecular complexity index is 614. The van der Waals surface area contributed by atoms with Gasteiger partial charge in [0.05, 0.1) is 10.5 Å². The predicted octanol–water partition coefficient (Wildman–Crippen LogP) is 2.85. The first-order valence-electron chi connectivity index (χ1n) is 7.38. The predicted molar refractivity (Wildman–Crippen MR) is 83.4 cm³/mol. The number of carbonyl (C=O) groups is 2. The number of benzene rings is 1. The number of hydrogen-bond acceptors (Lipinski definition) is 5. The van der Waals surface area contributed by atoms with E-state index in [1.807, 2.05) is 0 Å². The normalized spacial score (nSPS) is 15.0. The molecule has 1 amide bonds. The Morgan fingerprint density at radius 3 is 2.65 bits per heavy atom. The van der Waals surface area contributed by atoms with Gasteiger partial charge in [-0.1, -0.05) is 30.9 Å². The van der Waals surface area contributed by atoms with E-state index < -0.39 is 17.5 Å². The van der Waals surface area contributed by atoms with Crippen molar-refractivity contribution in [1.82, 2.24) is 5.32 Å². The van der Waals surface area contributed by atoms with Crippen LogP contribution in [0.25, 0.3) is 0 Å². The molecule has 8 heteroatoms. The van der Waals surface area contributed by atoms with E-state index in [1.54, 1.807) is 0 Å². The van der Waals surface area contributed by atoms with Crippen LogP contribution in [0.5, 0.6) is 0 Å². The SMILES string of the molecule is O=C(COC(=O)c1ccc(Cl)c([N+](=O)[O-])c1)NC1CCCCC1. The fourth-order valence-electron chi connectivity index (χ4n) is 2.51. The number of ether oxygens (including phenoxy) is 1. The van der Waals surface area contributed by atoms with Gasteiger partial charge < -0.3 is 10.1 Å². The largest absolute Gasteiger partial charge is 0.452 e. The van der Waals surface area contributed by atoms with Crippen LogP contribution in [0.3, 0.4) is 0 Å². The summed E-state index contributed by atoms with van der Waals surface area (Å²) in [7, 11) is 0. The van der Waals surface area contributed by atoms with Gasteiger partial charge in [-0.15, -0.1) is 0 Å². The number of nitrogens with zero attached hydrogens (tertiary/aromatic N) is 1. The van der Waals surface area contributed by atoms with Crippen LogP contribution in [-0.2, 0) is 9.53 Å². The number of nitrogens with one attached hydrogen (secondary N) is 1. The average Bonchev–Trinajstić information content (AvgIpc) is 2.53. The van der Waals surface area contributed by atoms with Crippen LogP contribution in [0, 0.1) is 10.1 Å². The van der Waals surface area contributed by atoms with Gasteiger partial charge in [0, 0.05) is 12.1 Å². The van der Waals surface area contributed by atoms with Crippen molar-refractivity contribution in [1.29, 1.82) is 0 Å². The van der Waals surface area contributed by atoms with E-state index in [4.69, 9.17) is 16.3 Å². The van der Waals surface area contributed by atoms with Gasteiger partial charge in [0.1, 0.15) is 5.02 Å². The Morgan fingerprint density at radius 1 is 1.30 bits per heavy atom. The Labute approximate surface area is 138 Å². The molecule has 1 aromatic carbocycles. The highest BCUT2D eigenvalue weighted by atomic mass is 35.5. The van der Waals surface area contributed by atoms with Crippen molar-refractivity contribution in [3.05, 3.63) is 38.9 Å². The van der Waals surface area contributed by atoms with E-state index in [0.29, 0.717) is 0 Å². The van der Waals surface area contributed by atoms with Gasteiger partial charge in [-0.05, 0) is 25.0 Å². The average molecular weight is 341 g/mol. The number of carbonyl (C=O) groups excluding carboxylic acids is 2. The van der Waals surface area contributed by atoms with Gasteiger partial charge in [-0.3, -0.25) is 14.9 Å². The lowest BCUT2D eigenvalue weighted by Crippen LogP contribution is -2.38. The fourth-order valence-corrected chi connectivity index (χ4v) is 2.70. The smallest absolute Gasteiger partial charge is 0.338 e. The maximum absolute atomic E-state index is 11.9. The Kier molecular flexibility index (Phi) is 5.92. The van der Waals surface area contributed by atoms with Crippen molar-refractivity contribution in [2.45, 2.75) is 38.1 Å². The van der Waals surface area contributed by atoms with Crippen molar-refractivity contribution in [2.75, 3.05) is 6.61 Å². The minimum absolute atomic E-state index is 0.0217. The third-order valence-corrected chi connectivity index (χ3v) is 4.00. The second-order valence-corrected chi connectivity index (χ2v) is 5.81. The standard InChI is InChI=1S/C15H17ClN2O5/c16-12-7-6-10(8-13(12)18(21)22)15(20)23-9-14(19)17-11-4-2-1-3-5-11/h6-8,11H,1-5,9H2,(H,17,19). The molecule has 7 nitrogen and oxygen atoms in total. The van der Waals surface area contributed by atoms with Crippen LogP contribution in [0.4, 0.5) is 5.69 Å². The summed E-state index contributed by atoms with van der Waals surface area (Å²) in [5.41, 5.74) is -0.403. The molecule has 0 aromatic heterocycles. The van der Waals surface area contributed by atoms with E-state index in [2.05, 4.69) is 5.32 Å². The zero-order valence-corrected chi connectivity index (χ0v) is 13.2. The number of hydrogen-bond donors (Lipinski definition) is 1. The molecule has 0 unspecified atom stereocenters. The number of halogens is 1. The molecule has 0 saturated heterocycles. The zero-order chi connectivity index (χ0) is 16.8. The molecule has 23 heavy (non-hydrogen) atoms. The van der Waals surface area contributed by atoms with E-state index >= 15 is 0 Å². The molecular formula is C15H17ClN2O5. The Hall–Kier alpha value is -2.15. The topological polar surface area (TPSA) is 98.5 Å². The lowest BCUT2D eigenvalue weighted by Gasteiger charge is -2.22. The first-order valence-corrected chi connectivity index (χ1v) is 7.75. The first kappa shape index (κ1) is 17.2. The Balaban J connectivity index is 1.88. The van der Waals surface area contributed by atoms with Crippen molar-refractivity contribution in [3.63, 3.8) is 0 Å². The molecule has 2 rings (SSSR count). The summed E-state index contributed by atoms with van der Waals surface area (Å²) in [6, 6.07) is 3.73. The first-order chi connectivity index (χ1) is 11.0. The molecule has 0 spiro atoms. The number of nitro groups is 1. The summed E-state index contributed by atoms with van der Waals surface area (Å²) in [5.74, 6) is -1.17. The van der Waals surface area contributed by atoms with Gasteiger partial charge in [0.15, 0.2) is 6.61 Å². The maximum atomic E-state index is 11.9. The van der Waals surface area contributed by atoms with E-state index in [0.717, 1.165) is 31.7 Å². The summed E-state index contributed by atoms with van der Waals surface area (Å²) in [5, 5.41) is 13.5. The van der Waals surface area contributed by atoms with Gasteiger partial charge >= 0.3 is 5.97 Å². The molecule has 0 bridgehead atoms. The molecule has 1 aromatic rings. The fraction of sp³-hybridized carbons (Fsp3) is 0.467. The van der Waals surface area contributed by atoms with Gasteiger partial charge in [0.2, 0.25) is 0 Å². The highest BCUT2D eigenvalue weighted by Crippen LogP contribution is 2.25. The second-order valence-electron chi connectivity index (χ2n) is 5.40. The van der Waals surface area contributed by atoms with Crippen LogP contribution < -0.4 is 5.32 Å². The van der Waals surface area contributed by atoms with Crippen molar-refractivity contribution >= 4 is 29.2 Å². The summed E-state index contributed by atoms with van der Waals surface area (Å²) in [4.78, 5) is 33.7. The van der Waals surface area contributed by atoms with Crippen molar-refractivity contribution in [2.24, 2.45) is 0 Å². The number of rotatable bonds is 5. The second kappa shape index (κ2) is 7.92. The molecule has 1 fully saturated rings. The van der Waals surface area contributed by atoms with E-state index in [9.17, 15) is 19.7 Å². The lowest BCUT2D eigenvalue weighted by atomic mass is 9.95. The summed E-state index contributed by atoms with van der Waals surface area (Å²) in [6.07, 6.45) is 5.21. The van der Waals surface area contributed by atoms with Crippen molar-refractivity contribution in [3.8, 4) is 0 Å². The third-order valence-electron chi connectivity index (χ3n) is 3.68. The quantitative estimate of drug-likeness (QED) is 0.505. The molecule has 0 aliphatic heterocycles. The zero-order valence-electron chi connectivity index (χ0n) is 12.4. The van der Waals surface area contributed by atoms with Crippen LogP contribution >= 0.6 is 11.6 Å². The van der Waals surface area contributed by atoms with E-state index in [-0.39, 0.29) is 28.2 Å². The van der Waals surface area contributed by atoms with Crippen LogP contribution in [0.1, 0.15) is 42.5 Å². The van der Waals surface area contributed by atoms with Gasteiger partial charge in [-0.2, -0.15) is 0 Å². The lowest BCUT2D eigenvalue weighted by molar-refractivity contribution is -0.384. The summed E-state index contributed by atoms with van der Waals surface area (Å²) >= 11 is 5.67. The van der Waals surface area contributed by atoms with Crippen molar-refractivity contribution < 1.29 is 19.2 Å². The highest BCUT2D eigenvalue weighted by Gasteiger charge is 2.19. The van der Waals surface area contributed by atoms with E-state index in [1.165, 1.54) is 18.6 Å².